The average molecular weight is 210 g/mol. The maximum atomic E-state index is 11.9. The van der Waals surface area contributed by atoms with Gasteiger partial charge in [0.15, 0.2) is 0 Å². The molecule has 0 aromatic carbocycles. The molecule has 0 aliphatic carbocycles. The second kappa shape index (κ2) is 4.52. The number of carbonyl (C=O) groups is 1. The van der Waals surface area contributed by atoms with Gasteiger partial charge in [-0.25, -0.2) is 0 Å². The lowest BCUT2D eigenvalue weighted by molar-refractivity contribution is -0.130. The van der Waals surface area contributed by atoms with Crippen LogP contribution in [-0.2, 0) is 4.79 Å². The highest BCUT2D eigenvalue weighted by Crippen LogP contribution is 2.25. The van der Waals surface area contributed by atoms with Crippen LogP contribution in [0.1, 0.15) is 33.1 Å². The Morgan fingerprint density at radius 2 is 2.27 bits per heavy atom. The zero-order valence-electron chi connectivity index (χ0n) is 9.83. The van der Waals surface area contributed by atoms with E-state index < -0.39 is 0 Å². The maximum Gasteiger partial charge on any atom is 0.222 e. The monoisotopic (exact) mass is 210 g/mol. The average Bonchev–Trinajstić information content (AvgIpc) is 2.72. The Hall–Kier alpha value is -0.570. The third-order valence-electron chi connectivity index (χ3n) is 3.65. The molecule has 0 aromatic heterocycles. The summed E-state index contributed by atoms with van der Waals surface area (Å²) in [7, 11) is 0. The molecule has 2 saturated heterocycles. The SMILES string of the molecule is CC(C)CCC(=O)N1C[C@H]2CCN[C@H]2C1. The first-order valence-electron chi connectivity index (χ1n) is 6.18. The summed E-state index contributed by atoms with van der Waals surface area (Å²) in [6, 6.07) is 0.591. The minimum Gasteiger partial charge on any atom is -0.341 e. The van der Waals surface area contributed by atoms with Gasteiger partial charge >= 0.3 is 0 Å². The lowest BCUT2D eigenvalue weighted by Crippen LogP contribution is -2.33. The van der Waals surface area contributed by atoms with Gasteiger partial charge < -0.3 is 10.2 Å². The van der Waals surface area contributed by atoms with Crippen LogP contribution in [0.2, 0.25) is 0 Å². The fourth-order valence-electron chi connectivity index (χ4n) is 2.62. The predicted molar refractivity (Wildman–Crippen MR) is 60.5 cm³/mol. The van der Waals surface area contributed by atoms with Gasteiger partial charge in [-0.05, 0) is 31.2 Å². The molecule has 1 amide bonds. The summed E-state index contributed by atoms with van der Waals surface area (Å²) in [5, 5.41) is 3.47. The topological polar surface area (TPSA) is 32.3 Å². The van der Waals surface area contributed by atoms with Gasteiger partial charge in [-0.3, -0.25) is 4.79 Å². The smallest absolute Gasteiger partial charge is 0.222 e. The van der Waals surface area contributed by atoms with E-state index in [0.717, 1.165) is 38.4 Å². The third kappa shape index (κ3) is 2.51. The standard InChI is InChI=1S/C12H22N2O/c1-9(2)3-4-12(15)14-7-10-5-6-13-11(10)8-14/h9-11,13H,3-8H2,1-2H3/t10-,11+/m1/s1. The molecule has 2 aliphatic rings. The number of hydrogen-bond acceptors (Lipinski definition) is 2. The van der Waals surface area contributed by atoms with Crippen molar-refractivity contribution in [1.29, 1.82) is 0 Å². The molecule has 3 heteroatoms. The minimum absolute atomic E-state index is 0.361. The number of fused-ring (bicyclic) bond motifs is 1. The molecule has 3 nitrogen and oxygen atoms in total. The van der Waals surface area contributed by atoms with Gasteiger partial charge in [-0.2, -0.15) is 0 Å². The van der Waals surface area contributed by atoms with E-state index in [0.29, 0.717) is 17.9 Å². The van der Waals surface area contributed by atoms with E-state index in [1.165, 1.54) is 6.42 Å². The van der Waals surface area contributed by atoms with E-state index in [1.807, 2.05) is 0 Å². The molecular formula is C12H22N2O. The number of carbonyl (C=O) groups excluding carboxylic acids is 1. The highest BCUT2D eigenvalue weighted by atomic mass is 16.2. The molecule has 86 valence electrons. The van der Waals surface area contributed by atoms with Gasteiger partial charge in [0.25, 0.3) is 0 Å². The number of hydrogen-bond donors (Lipinski definition) is 1. The van der Waals surface area contributed by atoms with Crippen molar-refractivity contribution >= 4 is 5.91 Å². The summed E-state index contributed by atoms with van der Waals surface area (Å²) >= 11 is 0. The Labute approximate surface area is 92.2 Å². The first-order valence-corrected chi connectivity index (χ1v) is 6.18. The summed E-state index contributed by atoms with van der Waals surface area (Å²) in [5.41, 5.74) is 0. The molecule has 0 spiro atoms. The largest absolute Gasteiger partial charge is 0.341 e. The van der Waals surface area contributed by atoms with Crippen LogP contribution in [0.15, 0.2) is 0 Å². The van der Waals surface area contributed by atoms with Crippen molar-refractivity contribution in [3.8, 4) is 0 Å². The fourth-order valence-corrected chi connectivity index (χ4v) is 2.62. The Morgan fingerprint density at radius 1 is 1.47 bits per heavy atom. The molecule has 15 heavy (non-hydrogen) atoms. The molecule has 0 saturated carbocycles. The Morgan fingerprint density at radius 3 is 2.93 bits per heavy atom. The van der Waals surface area contributed by atoms with Crippen molar-refractivity contribution in [2.45, 2.75) is 39.2 Å². The summed E-state index contributed by atoms with van der Waals surface area (Å²) in [6.45, 7) is 7.43. The van der Waals surface area contributed by atoms with E-state index in [4.69, 9.17) is 0 Å². The molecule has 1 N–H and O–H groups in total. The molecule has 2 fully saturated rings. The van der Waals surface area contributed by atoms with Crippen molar-refractivity contribution < 1.29 is 4.79 Å². The summed E-state index contributed by atoms with van der Waals surface area (Å²) in [4.78, 5) is 13.9. The number of nitrogens with zero attached hydrogens (tertiary/aromatic N) is 1. The van der Waals surface area contributed by atoms with Gasteiger partial charge in [0.1, 0.15) is 0 Å². The predicted octanol–water partition coefficient (Wildman–Crippen LogP) is 1.24. The van der Waals surface area contributed by atoms with Gasteiger partial charge in [-0.15, -0.1) is 0 Å². The van der Waals surface area contributed by atoms with Gasteiger partial charge in [0.05, 0.1) is 0 Å². The zero-order valence-corrected chi connectivity index (χ0v) is 9.83. The molecule has 0 aromatic rings. The van der Waals surface area contributed by atoms with Crippen LogP contribution in [0.25, 0.3) is 0 Å². The lowest BCUT2D eigenvalue weighted by Gasteiger charge is -2.17. The number of nitrogens with one attached hydrogen (secondary N) is 1. The molecule has 0 radical (unpaired) electrons. The highest BCUT2D eigenvalue weighted by Gasteiger charge is 2.37. The number of rotatable bonds is 3. The van der Waals surface area contributed by atoms with Crippen molar-refractivity contribution in [2.24, 2.45) is 11.8 Å². The lowest BCUT2D eigenvalue weighted by atomic mass is 10.1. The van der Waals surface area contributed by atoms with Crippen molar-refractivity contribution in [1.82, 2.24) is 10.2 Å². The second-order valence-electron chi connectivity index (χ2n) is 5.34. The molecule has 2 heterocycles. The third-order valence-corrected chi connectivity index (χ3v) is 3.65. The second-order valence-corrected chi connectivity index (χ2v) is 5.34. The fraction of sp³-hybridized carbons (Fsp3) is 0.917. The molecule has 2 aliphatic heterocycles. The van der Waals surface area contributed by atoms with Gasteiger partial charge in [-0.1, -0.05) is 13.8 Å². The van der Waals surface area contributed by atoms with Crippen LogP contribution in [0.5, 0.6) is 0 Å². The minimum atomic E-state index is 0.361. The Bertz CT molecular complexity index is 228. The Balaban J connectivity index is 1.78. The van der Waals surface area contributed by atoms with Crippen molar-refractivity contribution in [3.63, 3.8) is 0 Å². The molecule has 0 bridgehead atoms. The zero-order chi connectivity index (χ0) is 10.8. The molecule has 0 unspecified atom stereocenters. The molecule has 2 atom stereocenters. The number of amides is 1. The van der Waals surface area contributed by atoms with Crippen LogP contribution < -0.4 is 5.32 Å². The van der Waals surface area contributed by atoms with Crippen LogP contribution >= 0.6 is 0 Å². The van der Waals surface area contributed by atoms with E-state index in [9.17, 15) is 4.79 Å². The Kier molecular flexibility index (Phi) is 3.29. The van der Waals surface area contributed by atoms with Crippen LogP contribution in [0.3, 0.4) is 0 Å². The quantitative estimate of drug-likeness (QED) is 0.760. The van der Waals surface area contributed by atoms with Crippen molar-refractivity contribution in [2.75, 3.05) is 19.6 Å². The van der Waals surface area contributed by atoms with E-state index in [1.54, 1.807) is 0 Å². The molecular weight excluding hydrogens is 188 g/mol. The van der Waals surface area contributed by atoms with Crippen LogP contribution in [-0.4, -0.2) is 36.5 Å². The summed E-state index contributed by atoms with van der Waals surface area (Å²) in [5.74, 6) is 1.72. The first-order chi connectivity index (χ1) is 7.16. The highest BCUT2D eigenvalue weighted by molar-refractivity contribution is 5.76. The van der Waals surface area contributed by atoms with E-state index >= 15 is 0 Å². The first kappa shape index (κ1) is 10.9. The summed E-state index contributed by atoms with van der Waals surface area (Å²) < 4.78 is 0. The summed E-state index contributed by atoms with van der Waals surface area (Å²) in [6.07, 6.45) is 3.01. The maximum absolute atomic E-state index is 11.9. The van der Waals surface area contributed by atoms with Gasteiger partial charge in [0, 0.05) is 25.6 Å². The van der Waals surface area contributed by atoms with Crippen molar-refractivity contribution in [3.05, 3.63) is 0 Å². The number of likely N-dealkylation sites (tertiary alicyclic amines) is 1. The van der Waals surface area contributed by atoms with E-state index in [-0.39, 0.29) is 0 Å². The van der Waals surface area contributed by atoms with Crippen LogP contribution in [0, 0.1) is 11.8 Å². The normalized spacial score (nSPS) is 29.9. The van der Waals surface area contributed by atoms with Gasteiger partial charge in [0.2, 0.25) is 5.91 Å². The van der Waals surface area contributed by atoms with E-state index in [2.05, 4.69) is 24.1 Å². The molecule has 2 rings (SSSR count). The van der Waals surface area contributed by atoms with Crippen LogP contribution in [0.4, 0.5) is 0 Å².